The monoisotopic (exact) mass is 244 g/mol. The van der Waals surface area contributed by atoms with E-state index < -0.39 is 0 Å². The standard InChI is InChI=1S/C12H24N2OS/c1-11(10-14-4-6-15-7-5-14)13-9-12-3-2-8-16-12/h11-13H,2-10H2,1H3. The Bertz CT molecular complexity index is 191. The maximum Gasteiger partial charge on any atom is 0.0594 e. The molecule has 0 aromatic rings. The van der Waals surface area contributed by atoms with E-state index in [0.29, 0.717) is 6.04 Å². The quantitative estimate of drug-likeness (QED) is 0.785. The highest BCUT2D eigenvalue weighted by atomic mass is 32.2. The first-order valence-corrected chi connectivity index (χ1v) is 7.54. The Hall–Kier alpha value is 0.230. The predicted octanol–water partition coefficient (Wildman–Crippen LogP) is 1.19. The van der Waals surface area contributed by atoms with Gasteiger partial charge in [0.05, 0.1) is 13.2 Å². The van der Waals surface area contributed by atoms with Crippen LogP contribution >= 0.6 is 11.8 Å². The molecule has 2 atom stereocenters. The predicted molar refractivity (Wildman–Crippen MR) is 70.2 cm³/mol. The Morgan fingerprint density at radius 1 is 1.44 bits per heavy atom. The van der Waals surface area contributed by atoms with Crippen molar-refractivity contribution in [3.8, 4) is 0 Å². The topological polar surface area (TPSA) is 24.5 Å². The molecule has 0 aliphatic carbocycles. The van der Waals surface area contributed by atoms with Gasteiger partial charge in [-0.05, 0) is 25.5 Å². The molecule has 0 radical (unpaired) electrons. The molecule has 2 heterocycles. The van der Waals surface area contributed by atoms with E-state index in [2.05, 4.69) is 28.9 Å². The van der Waals surface area contributed by atoms with Crippen molar-refractivity contribution in [3.05, 3.63) is 0 Å². The first-order valence-electron chi connectivity index (χ1n) is 6.49. The van der Waals surface area contributed by atoms with Crippen LogP contribution in [-0.2, 0) is 4.74 Å². The Morgan fingerprint density at radius 2 is 2.25 bits per heavy atom. The van der Waals surface area contributed by atoms with E-state index >= 15 is 0 Å². The lowest BCUT2D eigenvalue weighted by molar-refractivity contribution is 0.0344. The van der Waals surface area contributed by atoms with Gasteiger partial charge in [0.25, 0.3) is 0 Å². The van der Waals surface area contributed by atoms with Crippen LogP contribution in [0.2, 0.25) is 0 Å². The number of nitrogens with zero attached hydrogens (tertiary/aromatic N) is 1. The fraction of sp³-hybridized carbons (Fsp3) is 1.00. The molecule has 0 saturated carbocycles. The molecule has 2 unspecified atom stereocenters. The number of morpholine rings is 1. The van der Waals surface area contributed by atoms with E-state index in [1.807, 2.05) is 0 Å². The van der Waals surface area contributed by atoms with Crippen molar-refractivity contribution in [1.82, 2.24) is 10.2 Å². The molecule has 16 heavy (non-hydrogen) atoms. The first kappa shape index (κ1) is 12.7. The summed E-state index contributed by atoms with van der Waals surface area (Å²) in [7, 11) is 0. The van der Waals surface area contributed by atoms with Crippen LogP contribution in [0.3, 0.4) is 0 Å². The van der Waals surface area contributed by atoms with Crippen molar-refractivity contribution in [2.24, 2.45) is 0 Å². The zero-order valence-corrected chi connectivity index (χ0v) is 11.1. The van der Waals surface area contributed by atoms with Gasteiger partial charge >= 0.3 is 0 Å². The molecule has 2 aliphatic rings. The average Bonchev–Trinajstić information content (AvgIpc) is 2.81. The van der Waals surface area contributed by atoms with Crippen LogP contribution in [0.25, 0.3) is 0 Å². The first-order chi connectivity index (χ1) is 7.84. The summed E-state index contributed by atoms with van der Waals surface area (Å²) in [5.74, 6) is 1.37. The summed E-state index contributed by atoms with van der Waals surface area (Å²) in [5, 5.41) is 4.54. The zero-order chi connectivity index (χ0) is 11.2. The van der Waals surface area contributed by atoms with Gasteiger partial charge in [-0.1, -0.05) is 0 Å². The van der Waals surface area contributed by atoms with E-state index in [4.69, 9.17) is 4.74 Å². The molecule has 2 saturated heterocycles. The van der Waals surface area contributed by atoms with Crippen molar-refractivity contribution in [1.29, 1.82) is 0 Å². The SMILES string of the molecule is CC(CN1CCOCC1)NCC1CCCS1. The highest BCUT2D eigenvalue weighted by Crippen LogP contribution is 2.25. The van der Waals surface area contributed by atoms with Gasteiger partial charge in [0.2, 0.25) is 0 Å². The molecule has 0 bridgehead atoms. The average molecular weight is 244 g/mol. The van der Waals surface area contributed by atoms with Gasteiger partial charge in [-0.25, -0.2) is 0 Å². The van der Waals surface area contributed by atoms with Gasteiger partial charge in [0.1, 0.15) is 0 Å². The number of hydrogen-bond donors (Lipinski definition) is 1. The van der Waals surface area contributed by atoms with E-state index in [9.17, 15) is 0 Å². The van der Waals surface area contributed by atoms with E-state index in [-0.39, 0.29) is 0 Å². The maximum absolute atomic E-state index is 5.36. The van der Waals surface area contributed by atoms with Crippen LogP contribution < -0.4 is 5.32 Å². The molecule has 0 amide bonds. The fourth-order valence-electron chi connectivity index (χ4n) is 2.37. The summed E-state index contributed by atoms with van der Waals surface area (Å²) in [6.45, 7) is 8.68. The molecule has 94 valence electrons. The third-order valence-corrected chi connectivity index (χ3v) is 4.75. The van der Waals surface area contributed by atoms with Gasteiger partial charge in [-0.2, -0.15) is 11.8 Å². The molecule has 0 aromatic heterocycles. The summed E-state index contributed by atoms with van der Waals surface area (Å²) in [4.78, 5) is 2.50. The molecular weight excluding hydrogens is 220 g/mol. The van der Waals surface area contributed by atoms with Crippen molar-refractivity contribution < 1.29 is 4.74 Å². The highest BCUT2D eigenvalue weighted by molar-refractivity contribution is 8.00. The van der Waals surface area contributed by atoms with Crippen molar-refractivity contribution in [2.75, 3.05) is 45.1 Å². The molecule has 0 aromatic carbocycles. The smallest absolute Gasteiger partial charge is 0.0594 e. The molecule has 2 fully saturated rings. The number of nitrogens with one attached hydrogen (secondary N) is 1. The van der Waals surface area contributed by atoms with Crippen molar-refractivity contribution in [2.45, 2.75) is 31.1 Å². The lowest BCUT2D eigenvalue weighted by Gasteiger charge is -2.29. The van der Waals surface area contributed by atoms with Crippen LogP contribution in [0.1, 0.15) is 19.8 Å². The van der Waals surface area contributed by atoms with Crippen LogP contribution in [-0.4, -0.2) is 61.3 Å². The van der Waals surface area contributed by atoms with E-state index in [1.54, 1.807) is 0 Å². The minimum Gasteiger partial charge on any atom is -0.379 e. The molecule has 1 N–H and O–H groups in total. The molecular formula is C12H24N2OS. The van der Waals surface area contributed by atoms with E-state index in [1.165, 1.54) is 31.7 Å². The number of thioether (sulfide) groups is 1. The minimum atomic E-state index is 0.610. The van der Waals surface area contributed by atoms with Gasteiger partial charge in [-0.15, -0.1) is 0 Å². The molecule has 2 rings (SSSR count). The Balaban J connectivity index is 1.57. The fourth-order valence-corrected chi connectivity index (χ4v) is 3.59. The van der Waals surface area contributed by atoms with Crippen LogP contribution in [0, 0.1) is 0 Å². The summed E-state index contributed by atoms with van der Waals surface area (Å²) >= 11 is 2.13. The summed E-state index contributed by atoms with van der Waals surface area (Å²) in [6, 6.07) is 0.610. The Kier molecular flexibility index (Phi) is 5.42. The molecule has 4 heteroatoms. The molecule has 2 aliphatic heterocycles. The second kappa shape index (κ2) is 6.84. The maximum atomic E-state index is 5.36. The van der Waals surface area contributed by atoms with Gasteiger partial charge in [0.15, 0.2) is 0 Å². The Labute approximate surface area is 103 Å². The number of rotatable bonds is 5. The second-order valence-electron chi connectivity index (χ2n) is 4.86. The minimum absolute atomic E-state index is 0.610. The Morgan fingerprint density at radius 3 is 2.94 bits per heavy atom. The largest absolute Gasteiger partial charge is 0.379 e. The third kappa shape index (κ3) is 4.24. The van der Waals surface area contributed by atoms with Crippen LogP contribution in [0.5, 0.6) is 0 Å². The normalized spacial score (nSPS) is 29.4. The lowest BCUT2D eigenvalue weighted by Crippen LogP contribution is -2.45. The summed E-state index contributed by atoms with van der Waals surface area (Å²) in [5.41, 5.74) is 0. The second-order valence-corrected chi connectivity index (χ2v) is 6.27. The van der Waals surface area contributed by atoms with Crippen molar-refractivity contribution in [3.63, 3.8) is 0 Å². The lowest BCUT2D eigenvalue weighted by atomic mass is 10.2. The zero-order valence-electron chi connectivity index (χ0n) is 10.3. The van der Waals surface area contributed by atoms with Crippen molar-refractivity contribution >= 4 is 11.8 Å². The number of ether oxygens (including phenoxy) is 1. The van der Waals surface area contributed by atoms with Gasteiger partial charge in [0, 0.05) is 37.5 Å². The van der Waals surface area contributed by atoms with Crippen LogP contribution in [0.15, 0.2) is 0 Å². The van der Waals surface area contributed by atoms with E-state index in [0.717, 1.165) is 31.6 Å². The summed E-state index contributed by atoms with van der Waals surface area (Å²) < 4.78 is 5.36. The third-order valence-electron chi connectivity index (χ3n) is 3.35. The molecule has 0 spiro atoms. The van der Waals surface area contributed by atoms with Gasteiger partial charge < -0.3 is 10.1 Å². The van der Waals surface area contributed by atoms with Crippen LogP contribution in [0.4, 0.5) is 0 Å². The highest BCUT2D eigenvalue weighted by Gasteiger charge is 2.17. The number of hydrogen-bond acceptors (Lipinski definition) is 4. The summed E-state index contributed by atoms with van der Waals surface area (Å²) in [6.07, 6.45) is 2.82. The molecule has 3 nitrogen and oxygen atoms in total. The van der Waals surface area contributed by atoms with Gasteiger partial charge in [-0.3, -0.25) is 4.90 Å².